The molecule has 0 aliphatic carbocycles. The minimum absolute atomic E-state index is 0.0773. The first kappa shape index (κ1) is 15.7. The van der Waals surface area contributed by atoms with Crippen LogP contribution in [0.5, 0.6) is 0 Å². The number of aromatic amines is 1. The van der Waals surface area contributed by atoms with Crippen LogP contribution in [0, 0.1) is 0 Å². The predicted molar refractivity (Wildman–Crippen MR) is 98.9 cm³/mol. The van der Waals surface area contributed by atoms with Gasteiger partial charge < -0.3 is 20.9 Å². The van der Waals surface area contributed by atoms with Gasteiger partial charge in [-0.25, -0.2) is 4.98 Å². The van der Waals surface area contributed by atoms with Crippen LogP contribution in [0.15, 0.2) is 40.3 Å². The number of fused-ring (bicyclic) bond motifs is 3. The monoisotopic (exact) mass is 355 g/mol. The van der Waals surface area contributed by atoms with Crippen LogP contribution in [-0.4, -0.2) is 35.6 Å². The lowest BCUT2D eigenvalue weighted by Gasteiger charge is -2.04. The highest BCUT2D eigenvalue weighted by Gasteiger charge is 2.14. The summed E-state index contributed by atoms with van der Waals surface area (Å²) in [6, 6.07) is 5.89. The molecular formula is C16H17N7OS. The quantitative estimate of drug-likeness (QED) is 0.386. The maximum atomic E-state index is 12.2. The third-order valence-corrected chi connectivity index (χ3v) is 4.93. The van der Waals surface area contributed by atoms with E-state index < -0.39 is 0 Å². The number of anilines is 1. The third kappa shape index (κ3) is 3.11. The second-order valence-electron chi connectivity index (χ2n) is 5.55. The van der Waals surface area contributed by atoms with Crippen LogP contribution in [0.4, 0.5) is 5.95 Å². The van der Waals surface area contributed by atoms with Crippen LogP contribution >= 0.6 is 11.3 Å². The Bertz CT molecular complexity index is 1000. The lowest BCUT2D eigenvalue weighted by atomic mass is 10.2. The maximum Gasteiger partial charge on any atom is 0.262 e. The summed E-state index contributed by atoms with van der Waals surface area (Å²) in [7, 11) is 0. The van der Waals surface area contributed by atoms with Crippen molar-refractivity contribution in [2.45, 2.75) is 6.92 Å². The molecule has 0 unspecified atom stereocenters. The Balaban J connectivity index is 1.59. The van der Waals surface area contributed by atoms with Crippen molar-refractivity contribution in [3.63, 3.8) is 0 Å². The highest BCUT2D eigenvalue weighted by atomic mass is 32.1. The second-order valence-corrected chi connectivity index (χ2v) is 6.63. The standard InChI is InChI=1S/C16H17N7OS/c1-2-17-8-19-15(24)13-5-10-12(25-13)4-3-11-14(10)22-16(21-11)18-6-9-7-20-23-9/h3-5,7,17H,2,6,8H2,1H3,(H,19,24)(H2,18,21,22). The van der Waals surface area contributed by atoms with Gasteiger partial charge in [0.1, 0.15) is 5.70 Å². The van der Waals surface area contributed by atoms with Gasteiger partial charge in [-0.15, -0.1) is 11.3 Å². The van der Waals surface area contributed by atoms with Crippen molar-refractivity contribution in [2.75, 3.05) is 25.1 Å². The van der Waals surface area contributed by atoms with E-state index in [1.54, 1.807) is 6.20 Å². The Morgan fingerprint density at radius 3 is 3.00 bits per heavy atom. The molecule has 9 heteroatoms. The third-order valence-electron chi connectivity index (χ3n) is 3.83. The number of carbonyl (C=O) groups excluding carboxylic acids is 1. The van der Waals surface area contributed by atoms with Gasteiger partial charge in [0.2, 0.25) is 5.95 Å². The topological polar surface area (TPSA) is 107 Å². The Morgan fingerprint density at radius 1 is 1.36 bits per heavy atom. The summed E-state index contributed by atoms with van der Waals surface area (Å²) >= 11 is 1.47. The zero-order chi connectivity index (χ0) is 17.2. The summed E-state index contributed by atoms with van der Waals surface area (Å²) in [5.41, 5.74) is 2.67. The SMILES string of the molecule is CCNCNC(=O)c1cc2c(ccc3[nH]c(NCC4=CN=N4)nc32)s1. The first-order valence-electron chi connectivity index (χ1n) is 7.99. The number of nitrogens with one attached hydrogen (secondary N) is 4. The van der Waals surface area contributed by atoms with Crippen molar-refractivity contribution in [1.82, 2.24) is 20.6 Å². The molecule has 25 heavy (non-hydrogen) atoms. The minimum atomic E-state index is -0.0773. The molecule has 128 valence electrons. The molecule has 0 spiro atoms. The molecule has 2 aromatic heterocycles. The van der Waals surface area contributed by atoms with Gasteiger partial charge in [0.25, 0.3) is 5.91 Å². The minimum Gasteiger partial charge on any atom is -0.350 e. The number of nitrogens with zero attached hydrogens (tertiary/aromatic N) is 3. The molecule has 8 nitrogen and oxygen atoms in total. The summed E-state index contributed by atoms with van der Waals surface area (Å²) in [5, 5.41) is 17.7. The number of benzene rings is 1. The van der Waals surface area contributed by atoms with Crippen molar-refractivity contribution in [1.29, 1.82) is 0 Å². The van der Waals surface area contributed by atoms with E-state index in [-0.39, 0.29) is 5.91 Å². The second kappa shape index (κ2) is 6.61. The molecule has 4 rings (SSSR count). The fraction of sp³-hybridized carbons (Fsp3) is 0.250. The number of rotatable bonds is 7. The van der Waals surface area contributed by atoms with Gasteiger partial charge in [0.15, 0.2) is 0 Å². The van der Waals surface area contributed by atoms with Crippen molar-refractivity contribution in [3.8, 4) is 0 Å². The van der Waals surface area contributed by atoms with Crippen molar-refractivity contribution in [2.24, 2.45) is 10.2 Å². The van der Waals surface area contributed by atoms with E-state index in [1.165, 1.54) is 11.3 Å². The van der Waals surface area contributed by atoms with E-state index in [0.29, 0.717) is 24.0 Å². The molecule has 0 radical (unpaired) electrons. The van der Waals surface area contributed by atoms with Gasteiger partial charge in [-0.3, -0.25) is 4.79 Å². The lowest BCUT2D eigenvalue weighted by molar-refractivity contribution is 0.0955. The molecule has 4 N–H and O–H groups in total. The maximum absolute atomic E-state index is 12.2. The van der Waals surface area contributed by atoms with Crippen molar-refractivity contribution in [3.05, 3.63) is 35.0 Å². The van der Waals surface area contributed by atoms with Gasteiger partial charge in [-0.1, -0.05) is 6.92 Å². The molecule has 0 saturated heterocycles. The summed E-state index contributed by atoms with van der Waals surface area (Å²) in [6.07, 6.45) is 1.71. The molecule has 0 atom stereocenters. The van der Waals surface area contributed by atoms with Gasteiger partial charge in [-0.05, 0) is 24.7 Å². The number of hydrogen-bond donors (Lipinski definition) is 4. The van der Waals surface area contributed by atoms with Gasteiger partial charge in [0.05, 0.1) is 35.3 Å². The predicted octanol–water partition coefficient (Wildman–Crippen LogP) is 2.79. The smallest absolute Gasteiger partial charge is 0.262 e. The van der Waals surface area contributed by atoms with Gasteiger partial charge >= 0.3 is 0 Å². The molecule has 3 heterocycles. The average molecular weight is 355 g/mol. The van der Waals surface area contributed by atoms with E-state index in [1.807, 2.05) is 25.1 Å². The Labute approximate surface area is 147 Å². The molecule has 0 saturated carbocycles. The van der Waals surface area contributed by atoms with Gasteiger partial charge in [-0.2, -0.15) is 10.2 Å². The number of imidazole rings is 1. The van der Waals surface area contributed by atoms with Crippen LogP contribution in [0.3, 0.4) is 0 Å². The number of hydrogen-bond acceptors (Lipinski definition) is 7. The number of thiophene rings is 1. The number of azo groups is 1. The van der Waals surface area contributed by atoms with E-state index in [9.17, 15) is 4.79 Å². The molecule has 3 aromatic rings. The van der Waals surface area contributed by atoms with Crippen LogP contribution in [0.25, 0.3) is 21.1 Å². The molecule has 1 aromatic carbocycles. The first-order chi connectivity index (χ1) is 12.2. The largest absolute Gasteiger partial charge is 0.350 e. The molecule has 1 amide bonds. The van der Waals surface area contributed by atoms with E-state index in [0.717, 1.165) is 33.4 Å². The normalized spacial score (nSPS) is 13.1. The molecule has 0 bridgehead atoms. The van der Waals surface area contributed by atoms with Crippen molar-refractivity contribution >= 4 is 44.3 Å². The summed E-state index contributed by atoms with van der Waals surface area (Å²) < 4.78 is 1.04. The van der Waals surface area contributed by atoms with Crippen molar-refractivity contribution < 1.29 is 4.79 Å². The summed E-state index contributed by atoms with van der Waals surface area (Å²) in [4.78, 5) is 20.8. The average Bonchev–Trinajstić information content (AvgIpc) is 3.16. The highest BCUT2D eigenvalue weighted by molar-refractivity contribution is 7.21. The van der Waals surface area contributed by atoms with Crippen LogP contribution < -0.4 is 16.0 Å². The number of H-pyrrole nitrogens is 1. The molecule has 1 aliphatic heterocycles. The van der Waals surface area contributed by atoms with Crippen LogP contribution in [0.1, 0.15) is 16.6 Å². The fourth-order valence-electron chi connectivity index (χ4n) is 2.53. The number of amides is 1. The van der Waals surface area contributed by atoms with E-state index in [2.05, 4.69) is 36.1 Å². The Hall–Kier alpha value is -2.78. The molecule has 1 aliphatic rings. The fourth-order valence-corrected chi connectivity index (χ4v) is 3.51. The number of carbonyl (C=O) groups is 1. The Morgan fingerprint density at radius 2 is 2.24 bits per heavy atom. The zero-order valence-electron chi connectivity index (χ0n) is 13.6. The van der Waals surface area contributed by atoms with E-state index in [4.69, 9.17) is 0 Å². The Kier molecular flexibility index (Phi) is 4.16. The summed E-state index contributed by atoms with van der Waals surface area (Å²) in [5.74, 6) is 0.598. The van der Waals surface area contributed by atoms with Crippen LogP contribution in [0.2, 0.25) is 0 Å². The lowest BCUT2D eigenvalue weighted by Crippen LogP contribution is -2.33. The summed E-state index contributed by atoms with van der Waals surface area (Å²) in [6.45, 7) is 3.85. The molecule has 0 fully saturated rings. The van der Waals surface area contributed by atoms with E-state index >= 15 is 0 Å². The zero-order valence-corrected chi connectivity index (χ0v) is 14.4. The van der Waals surface area contributed by atoms with Crippen LogP contribution in [-0.2, 0) is 0 Å². The molecular weight excluding hydrogens is 338 g/mol. The number of aromatic nitrogens is 2. The van der Waals surface area contributed by atoms with Gasteiger partial charge in [0, 0.05) is 10.1 Å². The first-order valence-corrected chi connectivity index (χ1v) is 8.81. The highest BCUT2D eigenvalue weighted by Crippen LogP contribution is 2.31.